The minimum absolute atomic E-state index is 0.0686. The van der Waals surface area contributed by atoms with Crippen molar-refractivity contribution in [2.75, 3.05) is 24.1 Å². The third-order valence-electron chi connectivity index (χ3n) is 6.48. The number of carbonyl (C=O) groups is 1. The summed E-state index contributed by atoms with van der Waals surface area (Å²) in [6.45, 7) is 4.49. The molecule has 38 heavy (non-hydrogen) atoms. The maximum Gasteiger partial charge on any atom is 0.407 e. The third kappa shape index (κ3) is 7.21. The minimum atomic E-state index is -2.16. The van der Waals surface area contributed by atoms with Crippen LogP contribution in [0.15, 0.2) is 48.5 Å². The molecule has 0 spiro atoms. The van der Waals surface area contributed by atoms with E-state index in [2.05, 4.69) is 5.32 Å². The van der Waals surface area contributed by atoms with Crippen LogP contribution in [0.3, 0.4) is 0 Å². The number of alkyl carbamates (subject to hydrolysis) is 1. The average molecular weight is 598 g/mol. The molecule has 2 aromatic carbocycles. The van der Waals surface area contributed by atoms with Crippen molar-refractivity contribution in [2.24, 2.45) is 0 Å². The van der Waals surface area contributed by atoms with Gasteiger partial charge in [0.15, 0.2) is 0 Å². The molecule has 3 atom stereocenters. The van der Waals surface area contributed by atoms with Crippen LogP contribution in [-0.4, -0.2) is 40.7 Å². The zero-order chi connectivity index (χ0) is 27.2. The van der Waals surface area contributed by atoms with Gasteiger partial charge in [-0.1, -0.05) is 35.3 Å². The van der Waals surface area contributed by atoms with Gasteiger partial charge < -0.3 is 14.8 Å². The summed E-state index contributed by atoms with van der Waals surface area (Å²) < 4.78 is 34.3. The molecule has 3 unspecified atom stereocenters. The first-order chi connectivity index (χ1) is 18.2. The molecule has 2 N–H and O–H groups in total. The van der Waals surface area contributed by atoms with E-state index in [1.54, 1.807) is 13.0 Å². The Hall–Kier alpha value is -2.30. The summed E-state index contributed by atoms with van der Waals surface area (Å²) in [4.78, 5) is 13.4. The molecule has 0 fully saturated rings. The Labute approximate surface area is 239 Å². The molecule has 204 valence electrons. The monoisotopic (exact) mass is 596 g/mol. The smallest absolute Gasteiger partial charge is 0.407 e. The van der Waals surface area contributed by atoms with Gasteiger partial charge in [0, 0.05) is 26.9 Å². The van der Waals surface area contributed by atoms with Crippen LogP contribution < -0.4 is 14.4 Å². The summed E-state index contributed by atoms with van der Waals surface area (Å²) in [7, 11) is 0. The van der Waals surface area contributed by atoms with Crippen LogP contribution in [0.4, 0.5) is 9.80 Å². The zero-order valence-corrected chi connectivity index (χ0v) is 24.3. The number of carbonyl (C=O) groups excluding carboxylic acids is 1. The second-order valence-corrected chi connectivity index (χ2v) is 12.0. The first kappa shape index (κ1) is 28.7. The van der Waals surface area contributed by atoms with Gasteiger partial charge in [-0.3, -0.25) is 8.86 Å². The number of fused-ring (bicyclic) bond motifs is 1. The Balaban J connectivity index is 1.55. The predicted molar refractivity (Wildman–Crippen MR) is 154 cm³/mol. The highest BCUT2D eigenvalue weighted by atomic mass is 35.5. The van der Waals surface area contributed by atoms with Gasteiger partial charge in [0.25, 0.3) is 11.3 Å². The van der Waals surface area contributed by atoms with Crippen LogP contribution >= 0.6 is 34.5 Å². The highest BCUT2D eigenvalue weighted by molar-refractivity contribution is 7.81. The second-order valence-electron chi connectivity index (χ2n) is 8.98. The number of halogens is 2. The SMILES string of the molecule is CCOC(=O)NC1CCc2ccc(OCCN(c3ccc(C)s3)S(=O)O)cc2C1Cc1ccc(Cl)cc1Cl. The van der Waals surface area contributed by atoms with Crippen molar-refractivity contribution in [1.29, 1.82) is 0 Å². The van der Waals surface area contributed by atoms with E-state index in [1.165, 1.54) is 21.2 Å². The third-order valence-corrected chi connectivity index (χ3v) is 8.97. The summed E-state index contributed by atoms with van der Waals surface area (Å²) in [5.41, 5.74) is 3.18. The maximum atomic E-state index is 12.3. The molecule has 0 aliphatic heterocycles. The molecule has 3 aromatic rings. The fourth-order valence-corrected chi connectivity index (χ4v) is 6.73. The number of benzene rings is 2. The Morgan fingerprint density at radius 1 is 1.21 bits per heavy atom. The van der Waals surface area contributed by atoms with Gasteiger partial charge in [-0.2, -0.15) is 0 Å². The summed E-state index contributed by atoms with van der Waals surface area (Å²) >= 11 is 11.9. The van der Waals surface area contributed by atoms with Gasteiger partial charge in [0.05, 0.1) is 13.2 Å². The van der Waals surface area contributed by atoms with E-state index < -0.39 is 17.4 Å². The van der Waals surface area contributed by atoms with Crippen molar-refractivity contribution in [3.8, 4) is 5.75 Å². The van der Waals surface area contributed by atoms with Crippen LogP contribution in [-0.2, 0) is 28.8 Å². The predicted octanol–water partition coefficient (Wildman–Crippen LogP) is 6.77. The number of amides is 1. The molecule has 1 aromatic heterocycles. The molecule has 1 amide bonds. The average Bonchev–Trinajstić information content (AvgIpc) is 3.30. The number of rotatable bonds is 10. The molecule has 1 aliphatic carbocycles. The van der Waals surface area contributed by atoms with E-state index in [0.29, 0.717) is 33.8 Å². The lowest BCUT2D eigenvalue weighted by Crippen LogP contribution is -2.43. The second kappa shape index (κ2) is 13.2. The van der Waals surface area contributed by atoms with Gasteiger partial charge in [-0.25, -0.2) is 9.00 Å². The van der Waals surface area contributed by atoms with Crippen molar-refractivity contribution < 1.29 is 23.0 Å². The molecule has 4 rings (SSSR count). The molecule has 0 radical (unpaired) electrons. The van der Waals surface area contributed by atoms with E-state index in [4.69, 9.17) is 32.7 Å². The number of nitrogens with zero attached hydrogens (tertiary/aromatic N) is 1. The number of hydrogen-bond acceptors (Lipinski definition) is 5. The molecular weight excluding hydrogens is 567 g/mol. The number of ether oxygens (including phenoxy) is 2. The van der Waals surface area contributed by atoms with Crippen LogP contribution in [0.5, 0.6) is 5.75 Å². The lowest BCUT2D eigenvalue weighted by molar-refractivity contribution is 0.144. The lowest BCUT2D eigenvalue weighted by atomic mass is 9.76. The Bertz CT molecular complexity index is 1300. The Kier molecular flexibility index (Phi) is 9.95. The minimum Gasteiger partial charge on any atom is -0.492 e. The number of hydrogen-bond donors (Lipinski definition) is 2. The molecular formula is C27H30Cl2N2O5S2. The van der Waals surface area contributed by atoms with E-state index in [0.717, 1.165) is 28.8 Å². The van der Waals surface area contributed by atoms with Gasteiger partial charge in [-0.05, 0) is 86.2 Å². The fraction of sp³-hybridized carbons (Fsp3) is 0.370. The first-order valence-electron chi connectivity index (χ1n) is 12.3. The molecule has 0 saturated carbocycles. The number of thiophene rings is 1. The molecule has 1 heterocycles. The summed E-state index contributed by atoms with van der Waals surface area (Å²) in [5.74, 6) is 0.583. The summed E-state index contributed by atoms with van der Waals surface area (Å²) in [5, 5.41) is 4.89. The summed E-state index contributed by atoms with van der Waals surface area (Å²) in [6, 6.07) is 15.0. The highest BCUT2D eigenvalue weighted by Crippen LogP contribution is 2.38. The van der Waals surface area contributed by atoms with Crippen molar-refractivity contribution >= 4 is 56.9 Å². The Morgan fingerprint density at radius 2 is 2.03 bits per heavy atom. The molecule has 11 heteroatoms. The number of nitrogens with one attached hydrogen (secondary N) is 1. The standard InChI is InChI=1S/C27H30Cl2N2O5S2/c1-3-35-27(32)30-25-10-7-18-6-9-21(36-13-12-31(38(33)34)26-11-4-17(2)37-26)16-22(18)23(25)14-19-5-8-20(28)15-24(19)29/h4-6,8-9,11,15-16,23,25H,3,7,10,12-14H2,1-2H3,(H,30,32)(H,33,34). The van der Waals surface area contributed by atoms with Crippen LogP contribution in [0.1, 0.15) is 40.8 Å². The normalized spacial score (nSPS) is 17.4. The Morgan fingerprint density at radius 3 is 2.71 bits per heavy atom. The van der Waals surface area contributed by atoms with Crippen molar-refractivity contribution in [2.45, 2.75) is 45.1 Å². The van der Waals surface area contributed by atoms with Gasteiger partial charge >= 0.3 is 6.09 Å². The first-order valence-corrected chi connectivity index (χ1v) is 15.0. The van der Waals surface area contributed by atoms with Crippen LogP contribution in [0, 0.1) is 6.92 Å². The molecule has 0 bridgehead atoms. The highest BCUT2D eigenvalue weighted by Gasteiger charge is 2.32. The molecule has 0 saturated heterocycles. The molecule has 1 aliphatic rings. The van der Waals surface area contributed by atoms with Crippen molar-refractivity contribution in [3.05, 3.63) is 80.1 Å². The van der Waals surface area contributed by atoms with Crippen molar-refractivity contribution in [3.63, 3.8) is 0 Å². The van der Waals surface area contributed by atoms with Gasteiger partial charge in [0.1, 0.15) is 17.4 Å². The lowest BCUT2D eigenvalue weighted by Gasteiger charge is -2.34. The number of aryl methyl sites for hydroxylation is 2. The fourth-order valence-electron chi connectivity index (χ4n) is 4.71. The van der Waals surface area contributed by atoms with Crippen LogP contribution in [0.2, 0.25) is 10.0 Å². The van der Waals surface area contributed by atoms with E-state index in [-0.39, 0.29) is 25.1 Å². The van der Waals surface area contributed by atoms with Crippen LogP contribution in [0.25, 0.3) is 0 Å². The summed E-state index contributed by atoms with van der Waals surface area (Å²) in [6.07, 6.45) is 1.71. The van der Waals surface area contributed by atoms with Gasteiger partial charge in [0.2, 0.25) is 0 Å². The maximum absolute atomic E-state index is 12.3. The topological polar surface area (TPSA) is 88.1 Å². The van der Waals surface area contributed by atoms with Crippen molar-refractivity contribution in [1.82, 2.24) is 5.32 Å². The zero-order valence-electron chi connectivity index (χ0n) is 21.1. The van der Waals surface area contributed by atoms with E-state index >= 15 is 0 Å². The largest absolute Gasteiger partial charge is 0.492 e. The van der Waals surface area contributed by atoms with Gasteiger partial charge in [-0.15, -0.1) is 11.3 Å². The van der Waals surface area contributed by atoms with E-state index in [9.17, 15) is 13.6 Å². The number of anilines is 1. The molecule has 7 nitrogen and oxygen atoms in total. The quantitative estimate of drug-likeness (QED) is 0.252. The van der Waals surface area contributed by atoms with E-state index in [1.807, 2.05) is 49.4 Å².